The Bertz CT molecular complexity index is 810. The van der Waals surface area contributed by atoms with Gasteiger partial charge in [0.2, 0.25) is 0 Å². The van der Waals surface area contributed by atoms with Gasteiger partial charge in [-0.2, -0.15) is 5.11 Å². The van der Waals surface area contributed by atoms with Crippen LogP contribution in [0.1, 0.15) is 23.6 Å². The Labute approximate surface area is 141 Å². The number of azo groups is 1. The highest BCUT2D eigenvalue weighted by Crippen LogP contribution is 2.34. The van der Waals surface area contributed by atoms with Gasteiger partial charge in [-0.1, -0.05) is 24.8 Å². The van der Waals surface area contributed by atoms with Gasteiger partial charge in [0.15, 0.2) is 0 Å². The molecule has 0 spiro atoms. The van der Waals surface area contributed by atoms with Gasteiger partial charge in [-0.3, -0.25) is 0 Å². The van der Waals surface area contributed by atoms with Crippen LogP contribution in [0.2, 0.25) is 0 Å². The Morgan fingerprint density at radius 3 is 2.50 bits per heavy atom. The summed E-state index contributed by atoms with van der Waals surface area (Å²) in [6, 6.07) is 11.1. The number of hydrogen-bond acceptors (Lipinski definition) is 5. The number of ether oxygens (including phenoxy) is 1. The summed E-state index contributed by atoms with van der Waals surface area (Å²) in [4.78, 5) is 11.5. The van der Waals surface area contributed by atoms with Gasteiger partial charge in [0.25, 0.3) is 0 Å². The molecule has 0 aromatic heterocycles. The molecular formula is C19H20N2O3. The molecule has 0 heterocycles. The summed E-state index contributed by atoms with van der Waals surface area (Å²) in [7, 11) is 0. The zero-order valence-corrected chi connectivity index (χ0v) is 14.0. The molecule has 0 fully saturated rings. The lowest BCUT2D eigenvalue weighted by molar-refractivity contribution is -0.140. The molecule has 0 bridgehead atoms. The largest absolute Gasteiger partial charge is 0.505 e. The standard InChI is InChI=1S/C19H20N2O3/c1-12(2)19(23)24-11-15-9-13(3)10-17(18(15)22)21-20-16-8-6-5-7-14(16)4/h5-10,22H,1,11H2,2-4H3. The number of phenols is 1. The van der Waals surface area contributed by atoms with Crippen LogP contribution in [0.4, 0.5) is 11.4 Å². The van der Waals surface area contributed by atoms with Crippen molar-refractivity contribution in [3.63, 3.8) is 0 Å². The van der Waals surface area contributed by atoms with Crippen LogP contribution in [0.5, 0.6) is 5.75 Å². The maximum absolute atomic E-state index is 11.5. The maximum Gasteiger partial charge on any atom is 0.333 e. The molecule has 5 heteroatoms. The van der Waals surface area contributed by atoms with E-state index in [-0.39, 0.29) is 12.4 Å². The summed E-state index contributed by atoms with van der Waals surface area (Å²) in [6.07, 6.45) is 0. The molecule has 0 aliphatic heterocycles. The molecule has 2 rings (SSSR count). The van der Waals surface area contributed by atoms with E-state index in [1.807, 2.05) is 38.1 Å². The van der Waals surface area contributed by atoms with E-state index in [1.54, 1.807) is 19.1 Å². The number of carbonyl (C=O) groups is 1. The molecule has 0 amide bonds. The van der Waals surface area contributed by atoms with E-state index in [0.29, 0.717) is 16.8 Å². The van der Waals surface area contributed by atoms with Gasteiger partial charge < -0.3 is 9.84 Å². The number of carbonyl (C=O) groups excluding carboxylic acids is 1. The summed E-state index contributed by atoms with van der Waals surface area (Å²) in [5, 5.41) is 18.7. The second kappa shape index (κ2) is 7.55. The minimum atomic E-state index is -0.501. The van der Waals surface area contributed by atoms with Crippen LogP contribution in [-0.2, 0) is 16.1 Å². The molecule has 0 atom stereocenters. The number of phenolic OH excluding ortho intramolecular Hbond substituents is 1. The molecule has 24 heavy (non-hydrogen) atoms. The average Bonchev–Trinajstić information content (AvgIpc) is 2.54. The molecule has 0 saturated heterocycles. The van der Waals surface area contributed by atoms with Crippen molar-refractivity contribution in [3.8, 4) is 5.75 Å². The second-order valence-electron chi connectivity index (χ2n) is 5.63. The molecule has 124 valence electrons. The Kier molecular flexibility index (Phi) is 5.47. The molecular weight excluding hydrogens is 304 g/mol. The Morgan fingerprint density at radius 2 is 1.83 bits per heavy atom. The van der Waals surface area contributed by atoms with Crippen molar-refractivity contribution in [3.05, 3.63) is 65.2 Å². The van der Waals surface area contributed by atoms with Crippen molar-refractivity contribution in [1.29, 1.82) is 0 Å². The molecule has 0 aliphatic rings. The Morgan fingerprint density at radius 1 is 1.17 bits per heavy atom. The van der Waals surface area contributed by atoms with Crippen LogP contribution in [0.3, 0.4) is 0 Å². The van der Waals surface area contributed by atoms with Gasteiger partial charge in [-0.25, -0.2) is 4.79 Å². The van der Waals surface area contributed by atoms with Crippen molar-refractivity contribution in [2.45, 2.75) is 27.4 Å². The van der Waals surface area contributed by atoms with E-state index in [9.17, 15) is 9.90 Å². The fraction of sp³-hybridized carbons (Fsp3) is 0.211. The van der Waals surface area contributed by atoms with Crippen LogP contribution >= 0.6 is 0 Å². The number of benzene rings is 2. The predicted octanol–water partition coefficient (Wildman–Crippen LogP) is 5.04. The van der Waals surface area contributed by atoms with E-state index in [4.69, 9.17) is 4.74 Å². The van der Waals surface area contributed by atoms with Crippen molar-refractivity contribution in [2.75, 3.05) is 0 Å². The SMILES string of the molecule is C=C(C)C(=O)OCc1cc(C)cc(N=Nc2ccccc2C)c1O. The zero-order valence-electron chi connectivity index (χ0n) is 14.0. The van der Waals surface area contributed by atoms with Gasteiger partial charge in [0.05, 0.1) is 5.69 Å². The maximum atomic E-state index is 11.5. The number of hydrogen-bond donors (Lipinski definition) is 1. The quantitative estimate of drug-likeness (QED) is 0.475. The predicted molar refractivity (Wildman–Crippen MR) is 92.8 cm³/mol. The van der Waals surface area contributed by atoms with Crippen molar-refractivity contribution < 1.29 is 14.6 Å². The third-order valence-electron chi connectivity index (χ3n) is 3.40. The van der Waals surface area contributed by atoms with E-state index >= 15 is 0 Å². The van der Waals surface area contributed by atoms with E-state index in [0.717, 1.165) is 16.8 Å². The normalized spacial score (nSPS) is 10.8. The summed E-state index contributed by atoms with van der Waals surface area (Å²) in [5.41, 5.74) is 3.72. The molecule has 1 N–H and O–H groups in total. The van der Waals surface area contributed by atoms with Crippen molar-refractivity contribution >= 4 is 17.3 Å². The van der Waals surface area contributed by atoms with Crippen LogP contribution in [0, 0.1) is 13.8 Å². The molecule has 2 aromatic rings. The first-order valence-electron chi connectivity index (χ1n) is 7.51. The summed E-state index contributed by atoms with van der Waals surface area (Å²) in [6.45, 7) is 8.85. The lowest BCUT2D eigenvalue weighted by Crippen LogP contribution is -2.05. The van der Waals surface area contributed by atoms with Crippen molar-refractivity contribution in [1.82, 2.24) is 0 Å². The second-order valence-corrected chi connectivity index (χ2v) is 5.63. The van der Waals surface area contributed by atoms with Crippen LogP contribution < -0.4 is 0 Å². The smallest absolute Gasteiger partial charge is 0.333 e. The number of aryl methyl sites for hydroxylation is 2. The molecule has 5 nitrogen and oxygen atoms in total. The summed E-state index contributed by atoms with van der Waals surface area (Å²) >= 11 is 0. The topological polar surface area (TPSA) is 71.2 Å². The number of rotatable bonds is 5. The zero-order chi connectivity index (χ0) is 17.7. The monoisotopic (exact) mass is 324 g/mol. The van der Waals surface area contributed by atoms with Crippen LogP contribution in [-0.4, -0.2) is 11.1 Å². The fourth-order valence-electron chi connectivity index (χ4n) is 2.07. The lowest BCUT2D eigenvalue weighted by atomic mass is 10.1. The van der Waals surface area contributed by atoms with Gasteiger partial charge >= 0.3 is 5.97 Å². The van der Waals surface area contributed by atoms with Gasteiger partial charge in [-0.05, 0) is 50.1 Å². The first-order valence-corrected chi connectivity index (χ1v) is 7.51. The van der Waals surface area contributed by atoms with Gasteiger partial charge in [0, 0.05) is 11.1 Å². The average molecular weight is 324 g/mol. The fourth-order valence-corrected chi connectivity index (χ4v) is 2.07. The minimum absolute atomic E-state index is 0.0487. The Hall–Kier alpha value is -2.95. The molecule has 0 radical (unpaired) electrons. The molecule has 0 unspecified atom stereocenters. The van der Waals surface area contributed by atoms with E-state index in [1.165, 1.54) is 0 Å². The number of esters is 1. The molecule has 0 saturated carbocycles. The minimum Gasteiger partial charge on any atom is -0.505 e. The highest BCUT2D eigenvalue weighted by Gasteiger charge is 2.11. The number of nitrogens with zero attached hydrogens (tertiary/aromatic N) is 2. The first-order chi connectivity index (χ1) is 11.4. The van der Waals surface area contributed by atoms with E-state index < -0.39 is 5.97 Å². The van der Waals surface area contributed by atoms with Crippen LogP contribution in [0.25, 0.3) is 0 Å². The summed E-state index contributed by atoms with van der Waals surface area (Å²) in [5.74, 6) is -0.550. The first kappa shape index (κ1) is 17.4. The highest BCUT2D eigenvalue weighted by molar-refractivity contribution is 5.86. The third kappa shape index (κ3) is 4.29. The summed E-state index contributed by atoms with van der Waals surface area (Å²) < 4.78 is 5.09. The molecule has 2 aromatic carbocycles. The highest BCUT2D eigenvalue weighted by atomic mass is 16.5. The van der Waals surface area contributed by atoms with Crippen LogP contribution in [0.15, 0.2) is 58.8 Å². The molecule has 0 aliphatic carbocycles. The van der Waals surface area contributed by atoms with Gasteiger partial charge in [-0.15, -0.1) is 5.11 Å². The van der Waals surface area contributed by atoms with Crippen molar-refractivity contribution in [2.24, 2.45) is 10.2 Å². The third-order valence-corrected chi connectivity index (χ3v) is 3.40. The number of aromatic hydroxyl groups is 1. The van der Waals surface area contributed by atoms with Gasteiger partial charge in [0.1, 0.15) is 18.0 Å². The van der Waals surface area contributed by atoms with E-state index in [2.05, 4.69) is 16.8 Å². The lowest BCUT2D eigenvalue weighted by Gasteiger charge is -2.09. The Balaban J connectivity index is 2.26.